The Hall–Kier alpha value is -1.18. The Morgan fingerprint density at radius 3 is 2.57 bits per heavy atom. The van der Waals surface area contributed by atoms with Crippen LogP contribution in [0.2, 0.25) is 0 Å². The van der Waals surface area contributed by atoms with Gasteiger partial charge in [0.15, 0.2) is 5.03 Å². The first-order valence-electron chi connectivity index (χ1n) is 7.21. The normalized spacial score (nSPS) is 18.1. The lowest BCUT2D eigenvalue weighted by Gasteiger charge is -2.36. The summed E-state index contributed by atoms with van der Waals surface area (Å²) in [6.45, 7) is 0.419. The number of anilines is 1. The van der Waals surface area contributed by atoms with Gasteiger partial charge in [0.2, 0.25) is 0 Å². The Morgan fingerprint density at radius 1 is 1.33 bits per heavy atom. The summed E-state index contributed by atoms with van der Waals surface area (Å²) in [6, 6.07) is 3.42. The maximum atomic E-state index is 12.5. The molecule has 0 aliphatic heterocycles. The van der Waals surface area contributed by atoms with E-state index in [0.29, 0.717) is 12.2 Å². The zero-order valence-electron chi connectivity index (χ0n) is 12.9. The molecule has 6 nitrogen and oxygen atoms in total. The van der Waals surface area contributed by atoms with Crippen molar-refractivity contribution in [1.29, 1.82) is 0 Å². The summed E-state index contributed by atoms with van der Waals surface area (Å²) in [4.78, 5) is 6.15. The quantitative estimate of drug-likeness (QED) is 0.827. The molecule has 1 aliphatic rings. The third-order valence-electron chi connectivity index (χ3n) is 4.37. The number of aromatic nitrogens is 1. The van der Waals surface area contributed by atoms with Gasteiger partial charge in [0.25, 0.3) is 10.0 Å². The van der Waals surface area contributed by atoms with Gasteiger partial charge in [-0.25, -0.2) is 18.1 Å². The van der Waals surface area contributed by atoms with Gasteiger partial charge in [-0.15, -0.1) is 0 Å². The highest BCUT2D eigenvalue weighted by atomic mass is 32.2. The first-order chi connectivity index (χ1) is 9.91. The van der Waals surface area contributed by atoms with Crippen LogP contribution in [0.25, 0.3) is 0 Å². The minimum absolute atomic E-state index is 0.0550. The second-order valence-corrected chi connectivity index (χ2v) is 7.44. The molecule has 1 fully saturated rings. The molecule has 1 aromatic rings. The molecule has 1 saturated carbocycles. The predicted octanol–water partition coefficient (Wildman–Crippen LogP) is 1.28. The van der Waals surface area contributed by atoms with Gasteiger partial charge in [0.1, 0.15) is 0 Å². The molecular weight excluding hydrogens is 288 g/mol. The van der Waals surface area contributed by atoms with E-state index in [1.54, 1.807) is 19.2 Å². The number of likely N-dealkylation sites (N-methyl/N-ethyl adjacent to an activating group) is 1. The first kappa shape index (κ1) is 16.2. The van der Waals surface area contributed by atoms with Crippen molar-refractivity contribution < 1.29 is 8.42 Å². The van der Waals surface area contributed by atoms with Crippen LogP contribution in [0, 0.1) is 0 Å². The van der Waals surface area contributed by atoms with Crippen molar-refractivity contribution in [3.63, 3.8) is 0 Å². The Labute approximate surface area is 127 Å². The molecular formula is C14H24N4O2S. The topological polar surface area (TPSA) is 74.3 Å². The number of sulfonamides is 1. The molecule has 21 heavy (non-hydrogen) atoms. The van der Waals surface area contributed by atoms with Crippen molar-refractivity contribution >= 4 is 15.7 Å². The lowest BCUT2D eigenvalue weighted by atomic mass is 9.97. The molecule has 2 N–H and O–H groups in total. The summed E-state index contributed by atoms with van der Waals surface area (Å²) in [7, 11) is 2.10. The minimum atomic E-state index is -3.61. The summed E-state index contributed by atoms with van der Waals surface area (Å²) in [5.74, 6) is 0. The molecule has 0 spiro atoms. The smallest absolute Gasteiger partial charge is 0.260 e. The van der Waals surface area contributed by atoms with Crippen LogP contribution in [0.15, 0.2) is 23.4 Å². The molecule has 0 aromatic carbocycles. The summed E-state index contributed by atoms with van der Waals surface area (Å²) >= 11 is 0. The Kier molecular flexibility index (Phi) is 4.85. The van der Waals surface area contributed by atoms with E-state index in [2.05, 4.69) is 19.9 Å². The highest BCUT2D eigenvalue weighted by molar-refractivity contribution is 7.89. The van der Waals surface area contributed by atoms with E-state index >= 15 is 0 Å². The van der Waals surface area contributed by atoms with Gasteiger partial charge >= 0.3 is 0 Å². The number of nitrogens with zero attached hydrogens (tertiary/aromatic N) is 2. The van der Waals surface area contributed by atoms with Crippen molar-refractivity contribution in [2.45, 2.75) is 36.2 Å². The van der Waals surface area contributed by atoms with Crippen LogP contribution in [-0.2, 0) is 10.0 Å². The van der Waals surface area contributed by atoms with Crippen LogP contribution in [0.3, 0.4) is 0 Å². The summed E-state index contributed by atoms with van der Waals surface area (Å²) in [5, 5.41) is 2.92. The number of nitrogens with one attached hydrogen (secondary N) is 2. The van der Waals surface area contributed by atoms with E-state index in [1.165, 1.54) is 6.20 Å². The van der Waals surface area contributed by atoms with E-state index in [0.717, 1.165) is 25.7 Å². The van der Waals surface area contributed by atoms with Crippen molar-refractivity contribution in [2.75, 3.05) is 33.0 Å². The molecule has 7 heteroatoms. The first-order valence-corrected chi connectivity index (χ1v) is 8.69. The highest BCUT2D eigenvalue weighted by Gasteiger charge is 2.37. The fourth-order valence-electron chi connectivity index (χ4n) is 2.91. The van der Waals surface area contributed by atoms with Gasteiger partial charge in [-0.3, -0.25) is 0 Å². The van der Waals surface area contributed by atoms with E-state index in [4.69, 9.17) is 0 Å². The molecule has 1 aliphatic carbocycles. The van der Waals surface area contributed by atoms with E-state index in [1.807, 2.05) is 14.1 Å². The van der Waals surface area contributed by atoms with E-state index in [9.17, 15) is 8.42 Å². The second kappa shape index (κ2) is 6.29. The third kappa shape index (κ3) is 3.36. The summed E-state index contributed by atoms with van der Waals surface area (Å²) in [6.07, 6.45) is 5.82. The van der Waals surface area contributed by atoms with Crippen LogP contribution in [0.1, 0.15) is 25.7 Å². The molecule has 0 amide bonds. The summed E-state index contributed by atoms with van der Waals surface area (Å²) < 4.78 is 27.7. The predicted molar refractivity (Wildman–Crippen MR) is 83.9 cm³/mol. The third-order valence-corrected chi connectivity index (χ3v) is 5.73. The van der Waals surface area contributed by atoms with Gasteiger partial charge in [-0.1, -0.05) is 12.8 Å². The molecule has 0 unspecified atom stereocenters. The van der Waals surface area contributed by atoms with Crippen molar-refractivity contribution in [3.8, 4) is 0 Å². The second-order valence-electron chi connectivity index (χ2n) is 5.76. The maximum Gasteiger partial charge on any atom is 0.260 e. The number of hydrogen-bond acceptors (Lipinski definition) is 5. The van der Waals surface area contributed by atoms with E-state index < -0.39 is 10.0 Å². The van der Waals surface area contributed by atoms with Crippen molar-refractivity contribution in [1.82, 2.24) is 14.6 Å². The summed E-state index contributed by atoms with van der Waals surface area (Å²) in [5.41, 5.74) is 0.428. The zero-order chi connectivity index (χ0) is 15.5. The average molecular weight is 312 g/mol. The molecule has 1 aromatic heterocycles. The lowest BCUT2D eigenvalue weighted by Crippen LogP contribution is -2.50. The number of hydrogen-bond donors (Lipinski definition) is 2. The van der Waals surface area contributed by atoms with E-state index in [-0.39, 0.29) is 10.6 Å². The number of pyridine rings is 1. The fraction of sp³-hybridized carbons (Fsp3) is 0.643. The van der Waals surface area contributed by atoms with Crippen LogP contribution in [-0.4, -0.2) is 51.5 Å². The fourth-order valence-corrected chi connectivity index (χ4v) is 4.16. The Balaban J connectivity index is 2.18. The van der Waals surface area contributed by atoms with Gasteiger partial charge < -0.3 is 10.2 Å². The van der Waals surface area contributed by atoms with Crippen LogP contribution >= 0.6 is 0 Å². The van der Waals surface area contributed by atoms with Crippen LogP contribution in [0.4, 0.5) is 5.69 Å². The maximum absolute atomic E-state index is 12.5. The Morgan fingerprint density at radius 2 is 2.00 bits per heavy atom. The van der Waals surface area contributed by atoms with Gasteiger partial charge in [0, 0.05) is 25.3 Å². The largest absolute Gasteiger partial charge is 0.386 e. The molecule has 0 saturated heterocycles. The molecule has 118 valence electrons. The zero-order valence-corrected chi connectivity index (χ0v) is 13.7. The standard InChI is InChI=1S/C14H24N4O2S/c1-15-12-7-6-10-16-13(12)21(19,20)17-11-14(18(2)3)8-4-5-9-14/h6-7,10,15,17H,4-5,8-9,11H2,1-3H3. The number of rotatable bonds is 6. The van der Waals surface area contributed by atoms with Crippen molar-refractivity contribution in [2.24, 2.45) is 0 Å². The molecule has 2 rings (SSSR count). The Bertz CT molecular complexity index is 580. The molecule has 0 atom stereocenters. The van der Waals surface area contributed by atoms with Crippen LogP contribution < -0.4 is 10.0 Å². The lowest BCUT2D eigenvalue weighted by molar-refractivity contribution is 0.162. The van der Waals surface area contributed by atoms with Gasteiger partial charge in [-0.2, -0.15) is 0 Å². The SMILES string of the molecule is CNc1cccnc1S(=O)(=O)NCC1(N(C)C)CCCC1. The minimum Gasteiger partial charge on any atom is -0.386 e. The van der Waals surface area contributed by atoms with Gasteiger partial charge in [0.05, 0.1) is 5.69 Å². The average Bonchev–Trinajstić information content (AvgIpc) is 2.95. The van der Waals surface area contributed by atoms with Crippen LogP contribution in [0.5, 0.6) is 0 Å². The molecule has 0 bridgehead atoms. The molecule has 0 radical (unpaired) electrons. The van der Waals surface area contributed by atoms with Gasteiger partial charge in [-0.05, 0) is 39.1 Å². The molecule has 1 heterocycles. The van der Waals surface area contributed by atoms with Crippen molar-refractivity contribution in [3.05, 3.63) is 18.3 Å². The monoisotopic (exact) mass is 312 g/mol. The highest BCUT2D eigenvalue weighted by Crippen LogP contribution is 2.33.